The average molecular weight is 330 g/mol. The lowest BCUT2D eigenvalue weighted by Crippen LogP contribution is -2.35. The number of halogens is 1. The molecule has 19 heavy (non-hydrogen) atoms. The third kappa shape index (κ3) is 3.58. The molecule has 5 heteroatoms. The summed E-state index contributed by atoms with van der Waals surface area (Å²) in [5.41, 5.74) is 8.39. The molecule has 1 aliphatic carbocycles. The topological polar surface area (TPSA) is 53.1 Å². The second-order valence-electron chi connectivity index (χ2n) is 5.34. The number of nitrogens with two attached hydrogens (primary N) is 1. The molecule has 1 aromatic rings. The van der Waals surface area contributed by atoms with E-state index in [1.807, 2.05) is 11.7 Å². The van der Waals surface area contributed by atoms with Gasteiger partial charge in [0.2, 0.25) is 0 Å². The van der Waals surface area contributed by atoms with Crippen LogP contribution in [0, 0.1) is 0 Å². The monoisotopic (exact) mass is 329 g/mol. The highest BCUT2D eigenvalue weighted by atomic mass is 79.9. The summed E-state index contributed by atoms with van der Waals surface area (Å²) < 4.78 is 9.06. The maximum absolute atomic E-state index is 6.19. The van der Waals surface area contributed by atoms with Gasteiger partial charge in [0.05, 0.1) is 28.6 Å². The zero-order valence-corrected chi connectivity index (χ0v) is 13.4. The van der Waals surface area contributed by atoms with Crippen LogP contribution in [0.2, 0.25) is 0 Å². The second kappa shape index (κ2) is 6.86. The molecule has 2 N–H and O–H groups in total. The Morgan fingerprint density at radius 3 is 2.79 bits per heavy atom. The van der Waals surface area contributed by atoms with E-state index in [2.05, 4.69) is 28.0 Å². The van der Waals surface area contributed by atoms with Crippen LogP contribution in [-0.2, 0) is 24.8 Å². The highest BCUT2D eigenvalue weighted by Crippen LogP contribution is 2.25. The van der Waals surface area contributed by atoms with Gasteiger partial charge >= 0.3 is 0 Å². The van der Waals surface area contributed by atoms with Gasteiger partial charge in [-0.25, -0.2) is 0 Å². The SMILES string of the molecule is CCc1nn(C)c(COC2CCCCCC2N)c1Br. The quantitative estimate of drug-likeness (QED) is 0.864. The van der Waals surface area contributed by atoms with E-state index in [-0.39, 0.29) is 12.1 Å². The second-order valence-corrected chi connectivity index (χ2v) is 6.13. The van der Waals surface area contributed by atoms with Gasteiger partial charge in [0.15, 0.2) is 0 Å². The first-order valence-corrected chi connectivity index (χ1v) is 8.00. The van der Waals surface area contributed by atoms with E-state index >= 15 is 0 Å². The van der Waals surface area contributed by atoms with Crippen LogP contribution in [-0.4, -0.2) is 21.9 Å². The molecule has 108 valence electrons. The largest absolute Gasteiger partial charge is 0.370 e. The minimum Gasteiger partial charge on any atom is -0.370 e. The van der Waals surface area contributed by atoms with Crippen molar-refractivity contribution in [2.75, 3.05) is 0 Å². The Morgan fingerprint density at radius 1 is 1.37 bits per heavy atom. The molecule has 1 aromatic heterocycles. The molecule has 4 nitrogen and oxygen atoms in total. The summed E-state index contributed by atoms with van der Waals surface area (Å²) in [5.74, 6) is 0. The zero-order chi connectivity index (χ0) is 13.8. The van der Waals surface area contributed by atoms with Crippen molar-refractivity contribution in [2.45, 2.75) is 64.2 Å². The molecule has 1 fully saturated rings. The molecule has 0 saturated heterocycles. The molecule has 0 bridgehead atoms. The zero-order valence-electron chi connectivity index (χ0n) is 11.9. The van der Waals surface area contributed by atoms with Crippen LogP contribution in [0.5, 0.6) is 0 Å². The molecule has 0 spiro atoms. The predicted molar refractivity (Wildman–Crippen MR) is 79.9 cm³/mol. The Kier molecular flexibility index (Phi) is 5.42. The van der Waals surface area contributed by atoms with Crippen LogP contribution in [0.15, 0.2) is 4.47 Å². The van der Waals surface area contributed by atoms with Crippen LogP contribution in [0.1, 0.15) is 50.4 Å². The van der Waals surface area contributed by atoms with Crippen molar-refractivity contribution in [3.8, 4) is 0 Å². The lowest BCUT2D eigenvalue weighted by Gasteiger charge is -2.22. The summed E-state index contributed by atoms with van der Waals surface area (Å²) in [5, 5.41) is 4.49. The minimum atomic E-state index is 0.181. The number of ether oxygens (including phenoxy) is 1. The van der Waals surface area contributed by atoms with Gasteiger partial charge in [-0.15, -0.1) is 0 Å². The maximum Gasteiger partial charge on any atom is 0.0900 e. The minimum absolute atomic E-state index is 0.181. The van der Waals surface area contributed by atoms with Gasteiger partial charge in [-0.2, -0.15) is 5.10 Å². The lowest BCUT2D eigenvalue weighted by molar-refractivity contribution is 0.0161. The predicted octanol–water partition coefficient (Wildman–Crippen LogP) is 2.92. The van der Waals surface area contributed by atoms with E-state index < -0.39 is 0 Å². The number of hydrogen-bond acceptors (Lipinski definition) is 3. The van der Waals surface area contributed by atoms with Crippen LogP contribution in [0.3, 0.4) is 0 Å². The molecule has 2 atom stereocenters. The summed E-state index contributed by atoms with van der Waals surface area (Å²) in [6.07, 6.45) is 7.02. The molecule has 1 heterocycles. The Bertz CT molecular complexity index is 419. The fourth-order valence-corrected chi connectivity index (χ4v) is 3.40. The molecular weight excluding hydrogens is 306 g/mol. The van der Waals surface area contributed by atoms with Gasteiger partial charge in [0.1, 0.15) is 0 Å². The van der Waals surface area contributed by atoms with Gasteiger partial charge < -0.3 is 10.5 Å². The number of aryl methyl sites for hydroxylation is 2. The Labute approximate surface area is 123 Å². The van der Waals surface area contributed by atoms with E-state index in [1.165, 1.54) is 19.3 Å². The van der Waals surface area contributed by atoms with E-state index in [4.69, 9.17) is 10.5 Å². The van der Waals surface area contributed by atoms with Gasteiger partial charge in [0.25, 0.3) is 0 Å². The maximum atomic E-state index is 6.19. The van der Waals surface area contributed by atoms with Gasteiger partial charge in [-0.05, 0) is 35.2 Å². The molecular formula is C14H24BrN3O. The van der Waals surface area contributed by atoms with E-state index in [0.29, 0.717) is 6.61 Å². The standard InChI is InChI=1S/C14H24BrN3O/c1-3-11-14(15)12(18(2)17-11)9-19-13-8-6-4-5-7-10(13)16/h10,13H,3-9,16H2,1-2H3. The van der Waals surface area contributed by atoms with Crippen molar-refractivity contribution >= 4 is 15.9 Å². The van der Waals surface area contributed by atoms with Crippen LogP contribution in [0.25, 0.3) is 0 Å². The Hall–Kier alpha value is -0.390. The molecule has 1 aliphatic rings. The van der Waals surface area contributed by atoms with E-state index in [9.17, 15) is 0 Å². The highest BCUT2D eigenvalue weighted by Gasteiger charge is 2.22. The number of hydrogen-bond donors (Lipinski definition) is 1. The van der Waals surface area contributed by atoms with Gasteiger partial charge in [0, 0.05) is 13.1 Å². The number of rotatable bonds is 4. The molecule has 0 amide bonds. The normalized spacial score (nSPS) is 24.4. The number of aromatic nitrogens is 2. The molecule has 0 radical (unpaired) electrons. The van der Waals surface area contributed by atoms with Gasteiger partial charge in [-0.1, -0.05) is 26.2 Å². The first-order chi connectivity index (χ1) is 9.13. The molecule has 2 rings (SSSR count). The van der Waals surface area contributed by atoms with Crippen molar-refractivity contribution in [1.82, 2.24) is 9.78 Å². The molecule has 2 unspecified atom stereocenters. The first-order valence-electron chi connectivity index (χ1n) is 7.21. The summed E-state index contributed by atoms with van der Waals surface area (Å²) in [6, 6.07) is 0.181. The molecule has 0 aromatic carbocycles. The smallest absolute Gasteiger partial charge is 0.0900 e. The van der Waals surface area contributed by atoms with Crippen molar-refractivity contribution in [2.24, 2.45) is 12.8 Å². The Balaban J connectivity index is 1.99. The van der Waals surface area contributed by atoms with Gasteiger partial charge in [-0.3, -0.25) is 4.68 Å². The third-order valence-corrected chi connectivity index (χ3v) is 4.86. The molecule has 1 saturated carbocycles. The van der Waals surface area contributed by atoms with Crippen molar-refractivity contribution in [1.29, 1.82) is 0 Å². The number of nitrogens with zero attached hydrogens (tertiary/aromatic N) is 2. The lowest BCUT2D eigenvalue weighted by atomic mass is 10.1. The van der Waals surface area contributed by atoms with Crippen molar-refractivity contribution < 1.29 is 4.74 Å². The van der Waals surface area contributed by atoms with Crippen LogP contribution < -0.4 is 5.73 Å². The third-order valence-electron chi connectivity index (χ3n) is 3.94. The highest BCUT2D eigenvalue weighted by molar-refractivity contribution is 9.10. The summed E-state index contributed by atoms with van der Waals surface area (Å²) in [7, 11) is 1.97. The Morgan fingerprint density at radius 2 is 2.11 bits per heavy atom. The first kappa shape index (κ1) is 15.0. The fraction of sp³-hybridized carbons (Fsp3) is 0.786. The summed E-state index contributed by atoms with van der Waals surface area (Å²) >= 11 is 3.62. The molecule has 0 aliphatic heterocycles. The van der Waals surface area contributed by atoms with Crippen molar-refractivity contribution in [3.05, 3.63) is 15.9 Å². The van der Waals surface area contributed by atoms with E-state index in [1.54, 1.807) is 0 Å². The summed E-state index contributed by atoms with van der Waals surface area (Å²) in [6.45, 7) is 2.70. The van der Waals surface area contributed by atoms with Crippen LogP contribution >= 0.6 is 15.9 Å². The van der Waals surface area contributed by atoms with Crippen molar-refractivity contribution in [3.63, 3.8) is 0 Å². The summed E-state index contributed by atoms with van der Waals surface area (Å²) in [4.78, 5) is 0. The average Bonchev–Trinajstić information content (AvgIpc) is 2.55. The fourth-order valence-electron chi connectivity index (χ4n) is 2.67. The van der Waals surface area contributed by atoms with E-state index in [0.717, 1.165) is 35.1 Å². The van der Waals surface area contributed by atoms with Crippen LogP contribution in [0.4, 0.5) is 0 Å².